The van der Waals surface area contributed by atoms with E-state index in [1.807, 2.05) is 0 Å². The fourth-order valence-corrected chi connectivity index (χ4v) is 6.66. The van der Waals surface area contributed by atoms with Crippen molar-refractivity contribution >= 4 is 15.9 Å². The molecule has 4 fully saturated rings. The van der Waals surface area contributed by atoms with Crippen LogP contribution in [0.15, 0.2) is 0 Å². The summed E-state index contributed by atoms with van der Waals surface area (Å²) >= 11 is 3.99. The molecule has 2 atom stereocenters. The van der Waals surface area contributed by atoms with Gasteiger partial charge in [-0.25, -0.2) is 0 Å². The molecule has 0 aromatic rings. The lowest BCUT2D eigenvalue weighted by atomic mass is 9.46. The SMILES string of the molecule is CCCC(Br)C(C)C12CC3CC(CC(C3)C1)C2. The van der Waals surface area contributed by atoms with Crippen molar-refractivity contribution in [3.8, 4) is 0 Å². The third-order valence-corrected chi connectivity index (χ3v) is 7.41. The Morgan fingerprint density at radius 2 is 1.53 bits per heavy atom. The first-order valence-corrected chi connectivity index (χ1v) is 8.68. The van der Waals surface area contributed by atoms with Crippen LogP contribution in [0.3, 0.4) is 0 Å². The summed E-state index contributed by atoms with van der Waals surface area (Å²) in [7, 11) is 0. The van der Waals surface area contributed by atoms with Gasteiger partial charge in [0, 0.05) is 4.83 Å². The second-order valence-corrected chi connectivity index (χ2v) is 8.55. The Balaban J connectivity index is 1.77. The predicted octanol–water partition coefficient (Wildman–Crippen LogP) is 5.40. The summed E-state index contributed by atoms with van der Waals surface area (Å²) in [5.41, 5.74) is 0.734. The van der Waals surface area contributed by atoms with E-state index in [4.69, 9.17) is 0 Å². The van der Waals surface area contributed by atoms with E-state index >= 15 is 0 Å². The van der Waals surface area contributed by atoms with E-state index in [1.165, 1.54) is 12.8 Å². The highest BCUT2D eigenvalue weighted by Gasteiger charge is 2.53. The maximum atomic E-state index is 3.99. The zero-order chi connectivity index (χ0) is 12.0. The lowest BCUT2D eigenvalue weighted by molar-refractivity contribution is -0.0832. The number of hydrogen-bond donors (Lipinski definition) is 0. The average molecular weight is 299 g/mol. The lowest BCUT2D eigenvalue weighted by Gasteiger charge is -2.60. The van der Waals surface area contributed by atoms with Gasteiger partial charge in [0.15, 0.2) is 0 Å². The largest absolute Gasteiger partial charge is 0.0888 e. The monoisotopic (exact) mass is 298 g/mol. The van der Waals surface area contributed by atoms with Gasteiger partial charge >= 0.3 is 0 Å². The third-order valence-electron chi connectivity index (χ3n) is 6.16. The molecule has 0 aliphatic heterocycles. The van der Waals surface area contributed by atoms with E-state index in [9.17, 15) is 0 Å². The van der Waals surface area contributed by atoms with Crippen LogP contribution in [-0.2, 0) is 0 Å². The van der Waals surface area contributed by atoms with Crippen LogP contribution in [0, 0.1) is 29.1 Å². The van der Waals surface area contributed by atoms with Gasteiger partial charge in [-0.05, 0) is 74.0 Å². The van der Waals surface area contributed by atoms with Crippen molar-refractivity contribution in [3.05, 3.63) is 0 Å². The van der Waals surface area contributed by atoms with E-state index in [-0.39, 0.29) is 0 Å². The standard InChI is InChI=1S/C16H27Br/c1-3-4-15(17)11(2)16-8-12-5-13(9-16)7-14(6-12)10-16/h11-15H,3-10H2,1-2H3. The molecule has 4 rings (SSSR count). The molecule has 0 radical (unpaired) electrons. The molecule has 0 nitrogen and oxygen atoms in total. The minimum absolute atomic E-state index is 0.734. The van der Waals surface area contributed by atoms with Crippen LogP contribution < -0.4 is 0 Å². The lowest BCUT2D eigenvalue weighted by Crippen LogP contribution is -2.50. The molecule has 1 heteroatoms. The molecule has 4 saturated carbocycles. The van der Waals surface area contributed by atoms with Gasteiger partial charge in [-0.3, -0.25) is 0 Å². The number of rotatable bonds is 4. The molecule has 0 N–H and O–H groups in total. The van der Waals surface area contributed by atoms with E-state index in [0.717, 1.165) is 33.9 Å². The zero-order valence-corrected chi connectivity index (χ0v) is 13.0. The van der Waals surface area contributed by atoms with Crippen LogP contribution in [0.2, 0.25) is 0 Å². The van der Waals surface area contributed by atoms with Gasteiger partial charge in [-0.2, -0.15) is 0 Å². The van der Waals surface area contributed by atoms with Gasteiger partial charge in [-0.15, -0.1) is 0 Å². The van der Waals surface area contributed by atoms with Crippen LogP contribution in [0.1, 0.15) is 65.2 Å². The van der Waals surface area contributed by atoms with Crippen molar-refractivity contribution in [2.24, 2.45) is 29.1 Å². The van der Waals surface area contributed by atoms with E-state index in [1.54, 1.807) is 38.5 Å². The van der Waals surface area contributed by atoms with Gasteiger partial charge in [0.05, 0.1) is 0 Å². The van der Waals surface area contributed by atoms with E-state index < -0.39 is 0 Å². The van der Waals surface area contributed by atoms with Crippen LogP contribution in [0.5, 0.6) is 0 Å². The molecule has 0 aromatic heterocycles. The predicted molar refractivity (Wildman–Crippen MR) is 77.4 cm³/mol. The maximum absolute atomic E-state index is 3.99. The van der Waals surface area contributed by atoms with Crippen molar-refractivity contribution in [3.63, 3.8) is 0 Å². The van der Waals surface area contributed by atoms with Crippen molar-refractivity contribution < 1.29 is 0 Å². The van der Waals surface area contributed by atoms with Crippen LogP contribution in [-0.4, -0.2) is 4.83 Å². The molecule has 0 heterocycles. The van der Waals surface area contributed by atoms with Crippen molar-refractivity contribution in [2.45, 2.75) is 70.0 Å². The van der Waals surface area contributed by atoms with Crippen LogP contribution >= 0.6 is 15.9 Å². The first-order valence-electron chi connectivity index (χ1n) is 7.77. The highest BCUT2D eigenvalue weighted by atomic mass is 79.9. The Hall–Kier alpha value is 0.480. The number of halogens is 1. The third kappa shape index (κ3) is 2.11. The normalized spacial score (nSPS) is 47.1. The van der Waals surface area contributed by atoms with Gasteiger partial charge in [-0.1, -0.05) is 36.2 Å². The summed E-state index contributed by atoms with van der Waals surface area (Å²) in [5.74, 6) is 4.20. The quantitative estimate of drug-likeness (QED) is 0.609. The molecule has 17 heavy (non-hydrogen) atoms. The molecular formula is C16H27Br. The summed E-state index contributed by atoms with van der Waals surface area (Å²) in [6.45, 7) is 4.86. The molecule has 4 bridgehead atoms. The second kappa shape index (κ2) is 4.54. The van der Waals surface area contributed by atoms with Gasteiger partial charge in [0.2, 0.25) is 0 Å². The topological polar surface area (TPSA) is 0 Å². The van der Waals surface area contributed by atoms with Crippen LogP contribution in [0.4, 0.5) is 0 Å². The fraction of sp³-hybridized carbons (Fsp3) is 1.00. The second-order valence-electron chi connectivity index (χ2n) is 7.37. The molecule has 0 saturated heterocycles. The van der Waals surface area contributed by atoms with Gasteiger partial charge in [0.25, 0.3) is 0 Å². The molecule has 4 aliphatic carbocycles. The molecule has 0 amide bonds. The average Bonchev–Trinajstić information content (AvgIpc) is 2.26. The minimum Gasteiger partial charge on any atom is -0.0888 e. The summed E-state index contributed by atoms with van der Waals surface area (Å²) in [5, 5.41) is 0. The van der Waals surface area contributed by atoms with Gasteiger partial charge < -0.3 is 0 Å². The smallest absolute Gasteiger partial charge is 0.0176 e. The number of alkyl halides is 1. The summed E-state index contributed by atoms with van der Waals surface area (Å²) in [4.78, 5) is 0.767. The summed E-state index contributed by atoms with van der Waals surface area (Å²) in [6, 6.07) is 0. The Bertz CT molecular complexity index is 248. The minimum atomic E-state index is 0.734. The Labute approximate surface area is 115 Å². The number of hydrogen-bond acceptors (Lipinski definition) is 0. The molecule has 2 unspecified atom stereocenters. The first kappa shape index (κ1) is 12.5. The molecule has 0 spiro atoms. The van der Waals surface area contributed by atoms with Gasteiger partial charge in [0.1, 0.15) is 0 Å². The Morgan fingerprint density at radius 1 is 1.06 bits per heavy atom. The first-order chi connectivity index (χ1) is 8.13. The molecule has 98 valence electrons. The van der Waals surface area contributed by atoms with Crippen molar-refractivity contribution in [2.75, 3.05) is 0 Å². The molecule has 4 aliphatic rings. The molecular weight excluding hydrogens is 272 g/mol. The molecule has 0 aromatic carbocycles. The highest BCUT2D eigenvalue weighted by molar-refractivity contribution is 9.09. The maximum Gasteiger partial charge on any atom is 0.0176 e. The Kier molecular flexibility index (Phi) is 3.34. The van der Waals surface area contributed by atoms with Crippen molar-refractivity contribution in [1.82, 2.24) is 0 Å². The van der Waals surface area contributed by atoms with E-state index in [0.29, 0.717) is 0 Å². The Morgan fingerprint density at radius 3 is 1.94 bits per heavy atom. The zero-order valence-electron chi connectivity index (χ0n) is 11.4. The summed E-state index contributed by atoms with van der Waals surface area (Å²) in [6.07, 6.45) is 12.1. The summed E-state index contributed by atoms with van der Waals surface area (Å²) < 4.78 is 0. The van der Waals surface area contributed by atoms with Crippen LogP contribution in [0.25, 0.3) is 0 Å². The van der Waals surface area contributed by atoms with Crippen molar-refractivity contribution in [1.29, 1.82) is 0 Å². The van der Waals surface area contributed by atoms with E-state index in [2.05, 4.69) is 29.8 Å². The fourth-order valence-electron chi connectivity index (χ4n) is 5.64. The highest BCUT2D eigenvalue weighted by Crippen LogP contribution is 2.63.